The van der Waals surface area contributed by atoms with Crippen LogP contribution < -0.4 is 5.43 Å². The summed E-state index contributed by atoms with van der Waals surface area (Å²) in [6.45, 7) is 0. The lowest BCUT2D eigenvalue weighted by atomic mass is 10.2. The van der Waals surface area contributed by atoms with Gasteiger partial charge in [-0.25, -0.2) is 5.43 Å². The Morgan fingerprint density at radius 1 is 1.32 bits per heavy atom. The quantitative estimate of drug-likeness (QED) is 0.513. The van der Waals surface area contributed by atoms with Crippen LogP contribution in [0.25, 0.3) is 0 Å². The first-order valence-corrected chi connectivity index (χ1v) is 6.41. The molecule has 2 N–H and O–H groups in total. The molecule has 2 rings (SSSR count). The number of non-ortho nitro benzene ring substituents is 1. The van der Waals surface area contributed by atoms with Crippen LogP contribution >= 0.6 is 11.6 Å². The van der Waals surface area contributed by atoms with Gasteiger partial charge in [0.1, 0.15) is 5.75 Å². The van der Waals surface area contributed by atoms with Gasteiger partial charge in [-0.05, 0) is 24.3 Å². The summed E-state index contributed by atoms with van der Waals surface area (Å²) in [5, 5.41) is 24.3. The van der Waals surface area contributed by atoms with Crippen LogP contribution in [0.3, 0.4) is 0 Å². The van der Waals surface area contributed by atoms with Gasteiger partial charge in [0.05, 0.1) is 11.1 Å². The fourth-order valence-electron chi connectivity index (χ4n) is 1.61. The highest BCUT2D eigenvalue weighted by molar-refractivity contribution is 6.30. The van der Waals surface area contributed by atoms with Gasteiger partial charge in [0, 0.05) is 28.3 Å². The topological polar surface area (TPSA) is 105 Å². The number of hydrazone groups is 1. The lowest BCUT2D eigenvalue weighted by molar-refractivity contribution is -0.384. The molecule has 0 heterocycles. The summed E-state index contributed by atoms with van der Waals surface area (Å²) in [4.78, 5) is 21.9. The second-order valence-electron chi connectivity index (χ2n) is 4.21. The average molecular weight is 320 g/mol. The first kappa shape index (κ1) is 15.5. The predicted molar refractivity (Wildman–Crippen MR) is 81.3 cm³/mol. The molecule has 7 nitrogen and oxygen atoms in total. The summed E-state index contributed by atoms with van der Waals surface area (Å²) in [5.74, 6) is -0.654. The highest BCUT2D eigenvalue weighted by Crippen LogP contribution is 2.19. The summed E-state index contributed by atoms with van der Waals surface area (Å²) >= 11 is 5.78. The lowest BCUT2D eigenvalue weighted by Crippen LogP contribution is -2.17. The second-order valence-corrected chi connectivity index (χ2v) is 4.65. The summed E-state index contributed by atoms with van der Waals surface area (Å²) in [6, 6.07) is 9.63. The molecular formula is C14H10ClN3O4. The number of benzene rings is 2. The van der Waals surface area contributed by atoms with Crippen LogP contribution in [-0.4, -0.2) is 22.2 Å². The number of halogens is 1. The number of aromatic hydroxyl groups is 1. The zero-order valence-electron chi connectivity index (χ0n) is 11.1. The Hall–Kier alpha value is -2.93. The maximum absolute atomic E-state index is 11.8. The van der Waals surface area contributed by atoms with Gasteiger partial charge >= 0.3 is 0 Å². The number of hydrogen-bond acceptors (Lipinski definition) is 5. The van der Waals surface area contributed by atoms with Crippen molar-refractivity contribution in [2.75, 3.05) is 0 Å². The number of amides is 1. The molecule has 0 aliphatic heterocycles. The van der Waals surface area contributed by atoms with E-state index >= 15 is 0 Å². The molecule has 0 radical (unpaired) electrons. The van der Waals surface area contributed by atoms with E-state index in [1.165, 1.54) is 42.6 Å². The third kappa shape index (κ3) is 3.80. The van der Waals surface area contributed by atoms with Gasteiger partial charge in [-0.15, -0.1) is 0 Å². The Kier molecular flexibility index (Phi) is 4.70. The number of nitrogens with one attached hydrogen (secondary N) is 1. The molecule has 2 aromatic carbocycles. The molecule has 0 atom stereocenters. The molecule has 0 fully saturated rings. The number of rotatable bonds is 4. The van der Waals surface area contributed by atoms with Crippen molar-refractivity contribution in [3.8, 4) is 5.75 Å². The van der Waals surface area contributed by atoms with E-state index in [0.717, 1.165) is 6.07 Å². The summed E-state index contributed by atoms with van der Waals surface area (Å²) in [6.07, 6.45) is 1.22. The molecule has 8 heteroatoms. The number of phenols is 1. The molecule has 2 aromatic rings. The van der Waals surface area contributed by atoms with Crippen LogP contribution in [0.4, 0.5) is 5.69 Å². The lowest BCUT2D eigenvalue weighted by Gasteiger charge is -2.01. The van der Waals surface area contributed by atoms with Crippen molar-refractivity contribution in [1.82, 2.24) is 5.43 Å². The normalized spacial score (nSPS) is 10.6. The van der Waals surface area contributed by atoms with Gasteiger partial charge < -0.3 is 5.11 Å². The van der Waals surface area contributed by atoms with Gasteiger partial charge in [-0.2, -0.15) is 5.10 Å². The number of nitro benzene ring substituents is 1. The Morgan fingerprint density at radius 2 is 2.09 bits per heavy atom. The second kappa shape index (κ2) is 6.68. The molecule has 0 saturated heterocycles. The Bertz CT molecular complexity index is 762. The first-order chi connectivity index (χ1) is 10.5. The number of carbonyl (C=O) groups excluding carboxylic acids is 1. The highest BCUT2D eigenvalue weighted by Gasteiger charge is 2.10. The standard InChI is InChI=1S/C14H10ClN3O4/c15-11-4-5-13(19)10(6-11)8-16-17-14(20)9-2-1-3-12(7-9)18(21)22/h1-8,19H,(H,17,20)/b16-8+. The highest BCUT2D eigenvalue weighted by atomic mass is 35.5. The number of hydrogen-bond donors (Lipinski definition) is 2. The van der Waals surface area contributed by atoms with Crippen molar-refractivity contribution in [2.24, 2.45) is 5.10 Å². The van der Waals surface area contributed by atoms with Crippen LogP contribution in [0.1, 0.15) is 15.9 Å². The molecule has 0 saturated carbocycles. The van der Waals surface area contributed by atoms with Gasteiger partial charge in [0.15, 0.2) is 0 Å². The molecule has 22 heavy (non-hydrogen) atoms. The third-order valence-corrected chi connectivity index (χ3v) is 2.91. The van der Waals surface area contributed by atoms with Crippen molar-refractivity contribution in [1.29, 1.82) is 0 Å². The van der Waals surface area contributed by atoms with Crippen molar-refractivity contribution in [3.63, 3.8) is 0 Å². The number of nitrogens with zero attached hydrogens (tertiary/aromatic N) is 2. The maximum atomic E-state index is 11.8. The fourth-order valence-corrected chi connectivity index (χ4v) is 1.80. The molecule has 0 unspecified atom stereocenters. The van der Waals surface area contributed by atoms with E-state index in [9.17, 15) is 20.0 Å². The molecule has 112 valence electrons. The molecule has 0 spiro atoms. The maximum Gasteiger partial charge on any atom is 0.271 e. The molecular weight excluding hydrogens is 310 g/mol. The first-order valence-electron chi connectivity index (χ1n) is 6.04. The molecule has 0 aromatic heterocycles. The SMILES string of the molecule is O=C(N/N=C/c1cc(Cl)ccc1O)c1cccc([N+](=O)[O-])c1. The summed E-state index contributed by atoms with van der Waals surface area (Å²) < 4.78 is 0. The van der Waals surface area contributed by atoms with Gasteiger partial charge in [-0.1, -0.05) is 17.7 Å². The van der Waals surface area contributed by atoms with Crippen molar-refractivity contribution >= 4 is 29.4 Å². The zero-order chi connectivity index (χ0) is 16.1. The van der Waals surface area contributed by atoms with E-state index in [0.29, 0.717) is 10.6 Å². The van der Waals surface area contributed by atoms with E-state index in [2.05, 4.69) is 10.5 Å². The molecule has 0 bridgehead atoms. The summed E-state index contributed by atoms with van der Waals surface area (Å²) in [7, 11) is 0. The minimum Gasteiger partial charge on any atom is -0.507 e. The zero-order valence-corrected chi connectivity index (χ0v) is 11.8. The van der Waals surface area contributed by atoms with Crippen LogP contribution in [0.15, 0.2) is 47.6 Å². The number of nitro groups is 1. The van der Waals surface area contributed by atoms with Crippen LogP contribution in [-0.2, 0) is 0 Å². The van der Waals surface area contributed by atoms with Crippen molar-refractivity contribution in [3.05, 3.63) is 68.7 Å². The van der Waals surface area contributed by atoms with Crippen molar-refractivity contribution in [2.45, 2.75) is 0 Å². The largest absolute Gasteiger partial charge is 0.507 e. The van der Waals surface area contributed by atoms with Gasteiger partial charge in [0.2, 0.25) is 0 Å². The number of carbonyl (C=O) groups is 1. The Morgan fingerprint density at radius 3 is 2.82 bits per heavy atom. The minimum absolute atomic E-state index is 0.0438. The van der Waals surface area contributed by atoms with Crippen molar-refractivity contribution < 1.29 is 14.8 Å². The average Bonchev–Trinajstić information content (AvgIpc) is 2.50. The van der Waals surface area contributed by atoms with Gasteiger partial charge in [-0.3, -0.25) is 14.9 Å². The predicted octanol–water partition coefficient (Wildman–Crippen LogP) is 2.72. The number of phenolic OH excluding ortho intramolecular Hbond substituents is 1. The van der Waals surface area contributed by atoms with E-state index in [1.54, 1.807) is 0 Å². The monoisotopic (exact) mass is 319 g/mol. The molecule has 1 amide bonds. The van der Waals surface area contributed by atoms with E-state index < -0.39 is 10.8 Å². The smallest absolute Gasteiger partial charge is 0.271 e. The Balaban J connectivity index is 2.09. The molecule has 0 aliphatic rings. The van der Waals surface area contributed by atoms with Gasteiger partial charge in [0.25, 0.3) is 11.6 Å². The summed E-state index contributed by atoms with van der Waals surface area (Å²) in [5.41, 5.74) is 2.45. The third-order valence-electron chi connectivity index (χ3n) is 2.68. The van der Waals surface area contributed by atoms with E-state index in [4.69, 9.17) is 11.6 Å². The van der Waals surface area contributed by atoms with E-state index in [1.807, 2.05) is 0 Å². The Labute approximate surface area is 130 Å². The molecule has 0 aliphatic carbocycles. The fraction of sp³-hybridized carbons (Fsp3) is 0. The minimum atomic E-state index is -0.610. The van der Waals surface area contributed by atoms with Crippen LogP contribution in [0, 0.1) is 10.1 Å². The van der Waals surface area contributed by atoms with Crippen LogP contribution in [0.2, 0.25) is 5.02 Å². The van der Waals surface area contributed by atoms with E-state index in [-0.39, 0.29) is 17.0 Å². The van der Waals surface area contributed by atoms with Crippen LogP contribution in [0.5, 0.6) is 5.75 Å².